The molecule has 0 spiro atoms. The van der Waals surface area contributed by atoms with E-state index in [1.54, 1.807) is 0 Å². The fraction of sp³-hybridized carbons (Fsp3) is 0.588. The summed E-state index contributed by atoms with van der Waals surface area (Å²) in [5, 5.41) is 0. The Morgan fingerprint density at radius 1 is 1.05 bits per heavy atom. The Labute approximate surface area is 131 Å². The number of hydrogen-bond acceptors (Lipinski definition) is 2. The molecule has 1 heterocycles. The molecule has 0 aromatic heterocycles. The van der Waals surface area contributed by atoms with Gasteiger partial charge in [-0.15, -0.1) is 11.6 Å². The molecule has 1 fully saturated rings. The first-order chi connectivity index (χ1) is 10.3. The van der Waals surface area contributed by atoms with Crippen LogP contribution in [-0.4, -0.2) is 54.3 Å². The van der Waals surface area contributed by atoms with E-state index in [9.17, 15) is 4.79 Å². The van der Waals surface area contributed by atoms with Gasteiger partial charge in [-0.2, -0.15) is 0 Å². The molecular formula is C17H23ClN2O. The molecule has 21 heavy (non-hydrogen) atoms. The first-order valence-electron chi connectivity index (χ1n) is 7.97. The van der Waals surface area contributed by atoms with Gasteiger partial charge in [-0.05, 0) is 55.5 Å². The number of hydrogen-bond donors (Lipinski definition) is 0. The molecule has 1 aromatic rings. The molecule has 3 nitrogen and oxygen atoms in total. The summed E-state index contributed by atoms with van der Waals surface area (Å²) < 4.78 is 0. The SMILES string of the molecule is O=C(c1ccc2c(c1)CCC2)N1CCCN(CCCl)CC1. The molecular weight excluding hydrogens is 284 g/mol. The van der Waals surface area contributed by atoms with Crippen LogP contribution in [0, 0.1) is 0 Å². The summed E-state index contributed by atoms with van der Waals surface area (Å²) in [7, 11) is 0. The zero-order chi connectivity index (χ0) is 14.7. The molecule has 1 aliphatic carbocycles. The van der Waals surface area contributed by atoms with Gasteiger partial charge in [-0.1, -0.05) is 6.07 Å². The average Bonchev–Trinajstić information content (AvgIpc) is 2.85. The number of carbonyl (C=O) groups excluding carboxylic acids is 1. The summed E-state index contributed by atoms with van der Waals surface area (Å²) in [4.78, 5) is 17.1. The third-order valence-corrected chi connectivity index (χ3v) is 4.79. The van der Waals surface area contributed by atoms with Gasteiger partial charge in [-0.3, -0.25) is 4.79 Å². The second kappa shape index (κ2) is 6.80. The minimum Gasteiger partial charge on any atom is -0.337 e. The Morgan fingerprint density at radius 2 is 1.90 bits per heavy atom. The lowest BCUT2D eigenvalue weighted by atomic mass is 10.1. The number of aryl methyl sites for hydroxylation is 2. The van der Waals surface area contributed by atoms with E-state index in [4.69, 9.17) is 11.6 Å². The fourth-order valence-corrected chi connectivity index (χ4v) is 3.64. The molecule has 0 N–H and O–H groups in total. The Hall–Kier alpha value is -1.06. The van der Waals surface area contributed by atoms with Gasteiger partial charge in [-0.25, -0.2) is 0 Å². The highest BCUT2D eigenvalue weighted by Gasteiger charge is 2.21. The lowest BCUT2D eigenvalue weighted by Gasteiger charge is -2.22. The van der Waals surface area contributed by atoms with Crippen LogP contribution in [0.5, 0.6) is 0 Å². The highest BCUT2D eigenvalue weighted by Crippen LogP contribution is 2.23. The number of rotatable bonds is 3. The van der Waals surface area contributed by atoms with Crippen molar-refractivity contribution >= 4 is 17.5 Å². The topological polar surface area (TPSA) is 23.6 Å². The zero-order valence-electron chi connectivity index (χ0n) is 12.5. The highest BCUT2D eigenvalue weighted by atomic mass is 35.5. The van der Waals surface area contributed by atoms with Crippen molar-refractivity contribution in [2.75, 3.05) is 38.6 Å². The van der Waals surface area contributed by atoms with Gasteiger partial charge in [0.05, 0.1) is 0 Å². The normalized spacial score (nSPS) is 19.4. The van der Waals surface area contributed by atoms with E-state index in [1.165, 1.54) is 24.0 Å². The van der Waals surface area contributed by atoms with E-state index >= 15 is 0 Å². The van der Waals surface area contributed by atoms with Crippen LogP contribution in [0.25, 0.3) is 0 Å². The average molecular weight is 307 g/mol. The molecule has 2 aliphatic rings. The molecule has 0 atom stereocenters. The number of benzene rings is 1. The van der Waals surface area contributed by atoms with Crippen molar-refractivity contribution in [3.05, 3.63) is 34.9 Å². The van der Waals surface area contributed by atoms with Gasteiger partial charge in [0.1, 0.15) is 0 Å². The maximum absolute atomic E-state index is 12.7. The van der Waals surface area contributed by atoms with Crippen LogP contribution in [0.15, 0.2) is 18.2 Å². The Bertz CT molecular complexity index is 518. The van der Waals surface area contributed by atoms with E-state index in [0.717, 1.165) is 51.1 Å². The van der Waals surface area contributed by atoms with Gasteiger partial charge in [0, 0.05) is 37.6 Å². The summed E-state index contributed by atoms with van der Waals surface area (Å²) in [6, 6.07) is 6.27. The van der Waals surface area contributed by atoms with Crippen molar-refractivity contribution in [2.45, 2.75) is 25.7 Å². The van der Waals surface area contributed by atoms with Crippen molar-refractivity contribution in [1.82, 2.24) is 9.80 Å². The van der Waals surface area contributed by atoms with E-state index in [1.807, 2.05) is 11.0 Å². The van der Waals surface area contributed by atoms with Crippen LogP contribution in [-0.2, 0) is 12.8 Å². The number of fused-ring (bicyclic) bond motifs is 1. The monoisotopic (exact) mass is 306 g/mol. The van der Waals surface area contributed by atoms with Crippen LogP contribution < -0.4 is 0 Å². The second-order valence-corrected chi connectivity index (χ2v) is 6.39. The predicted octanol–water partition coefficient (Wildman–Crippen LogP) is 2.56. The summed E-state index contributed by atoms with van der Waals surface area (Å²) in [5.74, 6) is 0.858. The van der Waals surface area contributed by atoms with Crippen molar-refractivity contribution in [2.24, 2.45) is 0 Å². The van der Waals surface area contributed by atoms with Crippen LogP contribution in [0.3, 0.4) is 0 Å². The van der Waals surface area contributed by atoms with Crippen molar-refractivity contribution in [3.8, 4) is 0 Å². The molecule has 3 rings (SSSR count). The molecule has 0 bridgehead atoms. The molecule has 114 valence electrons. The summed E-state index contributed by atoms with van der Waals surface area (Å²) in [6.45, 7) is 4.56. The minimum absolute atomic E-state index is 0.192. The van der Waals surface area contributed by atoms with Crippen LogP contribution in [0.1, 0.15) is 34.3 Å². The van der Waals surface area contributed by atoms with Crippen LogP contribution >= 0.6 is 11.6 Å². The quantitative estimate of drug-likeness (QED) is 0.801. The van der Waals surface area contributed by atoms with Crippen molar-refractivity contribution in [3.63, 3.8) is 0 Å². The molecule has 1 aromatic carbocycles. The molecule has 1 aliphatic heterocycles. The lowest BCUT2D eigenvalue weighted by Crippen LogP contribution is -2.35. The number of halogens is 1. The Morgan fingerprint density at radius 3 is 2.76 bits per heavy atom. The lowest BCUT2D eigenvalue weighted by molar-refractivity contribution is 0.0761. The Kier molecular flexibility index (Phi) is 4.81. The highest BCUT2D eigenvalue weighted by molar-refractivity contribution is 6.18. The minimum atomic E-state index is 0.192. The number of nitrogens with zero attached hydrogens (tertiary/aromatic N) is 2. The van der Waals surface area contributed by atoms with Gasteiger partial charge in [0.15, 0.2) is 0 Å². The number of alkyl halides is 1. The number of amides is 1. The molecule has 0 radical (unpaired) electrons. The van der Waals surface area contributed by atoms with E-state index in [0.29, 0.717) is 5.88 Å². The van der Waals surface area contributed by atoms with E-state index < -0.39 is 0 Å². The van der Waals surface area contributed by atoms with Crippen LogP contribution in [0.2, 0.25) is 0 Å². The second-order valence-electron chi connectivity index (χ2n) is 6.01. The first-order valence-corrected chi connectivity index (χ1v) is 8.51. The summed E-state index contributed by atoms with van der Waals surface area (Å²) in [5.41, 5.74) is 3.66. The van der Waals surface area contributed by atoms with Gasteiger partial charge in [0.2, 0.25) is 0 Å². The molecule has 4 heteroatoms. The van der Waals surface area contributed by atoms with Crippen LogP contribution in [0.4, 0.5) is 0 Å². The van der Waals surface area contributed by atoms with E-state index in [-0.39, 0.29) is 5.91 Å². The molecule has 0 unspecified atom stereocenters. The molecule has 0 saturated carbocycles. The standard InChI is InChI=1S/C17H23ClN2O/c18-7-10-19-8-2-9-20(12-11-19)17(21)16-6-5-14-3-1-4-15(14)13-16/h5-6,13H,1-4,7-12H2. The fourth-order valence-electron chi connectivity index (χ4n) is 3.40. The Balaban J connectivity index is 1.67. The zero-order valence-corrected chi connectivity index (χ0v) is 13.2. The van der Waals surface area contributed by atoms with E-state index in [2.05, 4.69) is 17.0 Å². The first kappa shape index (κ1) is 14.9. The number of carbonyl (C=O) groups is 1. The smallest absolute Gasteiger partial charge is 0.253 e. The summed E-state index contributed by atoms with van der Waals surface area (Å²) >= 11 is 5.81. The maximum atomic E-state index is 12.7. The summed E-state index contributed by atoms with van der Waals surface area (Å²) in [6.07, 6.45) is 4.55. The third-order valence-electron chi connectivity index (χ3n) is 4.62. The van der Waals surface area contributed by atoms with Crippen molar-refractivity contribution < 1.29 is 4.79 Å². The largest absolute Gasteiger partial charge is 0.337 e. The predicted molar refractivity (Wildman–Crippen MR) is 86.1 cm³/mol. The van der Waals surface area contributed by atoms with Gasteiger partial charge >= 0.3 is 0 Å². The van der Waals surface area contributed by atoms with Gasteiger partial charge < -0.3 is 9.80 Å². The maximum Gasteiger partial charge on any atom is 0.253 e. The molecule has 1 amide bonds. The van der Waals surface area contributed by atoms with Gasteiger partial charge in [0.25, 0.3) is 5.91 Å². The third kappa shape index (κ3) is 3.41. The van der Waals surface area contributed by atoms with Crippen molar-refractivity contribution in [1.29, 1.82) is 0 Å². The molecule has 1 saturated heterocycles.